The van der Waals surface area contributed by atoms with Crippen LogP contribution in [0.2, 0.25) is 0 Å². The molecule has 8 heteroatoms. The van der Waals surface area contributed by atoms with E-state index in [1.165, 1.54) is 18.2 Å². The van der Waals surface area contributed by atoms with E-state index in [-0.39, 0.29) is 5.91 Å². The van der Waals surface area contributed by atoms with Crippen LogP contribution in [0, 0.1) is 0 Å². The van der Waals surface area contributed by atoms with Gasteiger partial charge in [-0.15, -0.1) is 21.5 Å². The maximum Gasteiger partial charge on any atom is 0.233 e. The maximum atomic E-state index is 13.0. The maximum absolute atomic E-state index is 13.0. The number of nitrogens with zero attached hydrogens (tertiary/aromatic N) is 4. The Labute approximate surface area is 185 Å². The fourth-order valence-electron chi connectivity index (χ4n) is 3.92. The highest BCUT2D eigenvalue weighted by Gasteiger charge is 2.26. The van der Waals surface area contributed by atoms with Crippen LogP contribution in [0.25, 0.3) is 16.4 Å². The normalized spacial score (nSPS) is 16.6. The largest absolute Gasteiger partial charge is 0.495 e. The van der Waals surface area contributed by atoms with E-state index in [0.717, 1.165) is 47.9 Å². The molecule has 1 amide bonds. The third-order valence-corrected chi connectivity index (χ3v) is 7.22. The van der Waals surface area contributed by atoms with Gasteiger partial charge >= 0.3 is 0 Å². The number of likely N-dealkylation sites (tertiary alicyclic amines) is 1. The molecule has 158 valence electrons. The zero-order valence-corrected chi connectivity index (χ0v) is 18.9. The van der Waals surface area contributed by atoms with Crippen LogP contribution in [0.3, 0.4) is 0 Å². The second-order valence-corrected chi connectivity index (χ2v) is 9.11. The van der Waals surface area contributed by atoms with Gasteiger partial charge in [0.2, 0.25) is 5.91 Å². The predicted octanol–water partition coefficient (Wildman–Crippen LogP) is 4.89. The van der Waals surface area contributed by atoms with Crippen LogP contribution in [-0.4, -0.2) is 51.0 Å². The smallest absolute Gasteiger partial charge is 0.233 e. The van der Waals surface area contributed by atoms with E-state index in [4.69, 9.17) is 4.74 Å². The lowest BCUT2D eigenvalue weighted by molar-refractivity contribution is -0.132. The third kappa shape index (κ3) is 4.25. The summed E-state index contributed by atoms with van der Waals surface area (Å²) in [5.41, 5.74) is 0.868. The number of thioether (sulfide) groups is 1. The molecule has 1 unspecified atom stereocenters. The molecule has 1 aromatic carbocycles. The number of carbonyl (C=O) groups excluding carboxylic acids is 1. The second kappa shape index (κ2) is 9.66. The number of rotatable bonds is 7. The van der Waals surface area contributed by atoms with E-state index in [0.29, 0.717) is 17.0 Å². The highest BCUT2D eigenvalue weighted by Crippen LogP contribution is 2.34. The fourth-order valence-corrected chi connectivity index (χ4v) is 5.45. The van der Waals surface area contributed by atoms with Gasteiger partial charge in [0.05, 0.1) is 23.4 Å². The molecule has 3 aromatic rings. The number of hydrogen-bond donors (Lipinski definition) is 0. The SMILES string of the molecule is CCC1CCCCN1C(=O)CSc1nnc(-c2cccs2)n1-c1ccccc1OC. The van der Waals surface area contributed by atoms with Gasteiger partial charge in [-0.1, -0.05) is 36.9 Å². The molecule has 1 aliphatic heterocycles. The molecule has 4 rings (SSSR count). The van der Waals surface area contributed by atoms with Crippen molar-refractivity contribution in [3.05, 3.63) is 41.8 Å². The van der Waals surface area contributed by atoms with Gasteiger partial charge in [-0.05, 0) is 49.3 Å². The van der Waals surface area contributed by atoms with Crippen LogP contribution in [0.15, 0.2) is 46.9 Å². The molecule has 6 nitrogen and oxygen atoms in total. The summed E-state index contributed by atoms with van der Waals surface area (Å²) in [6, 6.07) is 12.2. The standard InChI is InChI=1S/C22H26N4O2S2/c1-3-16-9-6-7-13-25(16)20(27)15-30-22-24-23-21(19-12-8-14-29-19)26(22)17-10-4-5-11-18(17)28-2/h4-5,8,10-12,14,16H,3,6-7,9,13,15H2,1-2H3. The van der Waals surface area contributed by atoms with Crippen molar-refractivity contribution in [2.75, 3.05) is 19.4 Å². The molecule has 1 fully saturated rings. The number of hydrogen-bond acceptors (Lipinski definition) is 6. The minimum Gasteiger partial charge on any atom is -0.495 e. The molecule has 0 N–H and O–H groups in total. The Morgan fingerprint density at radius 2 is 2.10 bits per heavy atom. The summed E-state index contributed by atoms with van der Waals surface area (Å²) in [6.07, 6.45) is 4.41. The lowest BCUT2D eigenvalue weighted by Gasteiger charge is -2.35. The Bertz CT molecular complexity index is 987. The van der Waals surface area contributed by atoms with Gasteiger partial charge in [0.1, 0.15) is 5.75 Å². The van der Waals surface area contributed by atoms with Crippen LogP contribution >= 0.6 is 23.1 Å². The zero-order chi connectivity index (χ0) is 20.9. The first kappa shape index (κ1) is 20.9. The summed E-state index contributed by atoms with van der Waals surface area (Å²) in [7, 11) is 1.66. The van der Waals surface area contributed by atoms with Crippen LogP contribution in [-0.2, 0) is 4.79 Å². The number of methoxy groups -OCH3 is 1. The minimum absolute atomic E-state index is 0.179. The first-order valence-corrected chi connectivity index (χ1v) is 12.1. The molecule has 1 aliphatic rings. The highest BCUT2D eigenvalue weighted by molar-refractivity contribution is 7.99. The summed E-state index contributed by atoms with van der Waals surface area (Å²) in [5, 5.41) is 11.6. The monoisotopic (exact) mass is 442 g/mol. The van der Waals surface area contributed by atoms with Crippen molar-refractivity contribution in [1.29, 1.82) is 0 Å². The van der Waals surface area contributed by atoms with Crippen LogP contribution in [0.4, 0.5) is 0 Å². The number of piperidine rings is 1. The van der Waals surface area contributed by atoms with E-state index < -0.39 is 0 Å². The number of aromatic nitrogens is 3. The lowest BCUT2D eigenvalue weighted by atomic mass is 10.0. The molecule has 0 spiro atoms. The van der Waals surface area contributed by atoms with Gasteiger partial charge in [0.25, 0.3) is 0 Å². The van der Waals surface area contributed by atoms with Gasteiger partial charge in [-0.25, -0.2) is 0 Å². The summed E-state index contributed by atoms with van der Waals surface area (Å²) in [5.74, 6) is 2.03. The Morgan fingerprint density at radius 3 is 2.87 bits per heavy atom. The van der Waals surface area contributed by atoms with E-state index in [2.05, 4.69) is 22.0 Å². The van der Waals surface area contributed by atoms with E-state index in [1.807, 2.05) is 46.3 Å². The van der Waals surface area contributed by atoms with Crippen molar-refractivity contribution in [1.82, 2.24) is 19.7 Å². The molecular formula is C22H26N4O2S2. The van der Waals surface area contributed by atoms with Gasteiger partial charge in [0, 0.05) is 12.6 Å². The van der Waals surface area contributed by atoms with Crippen LogP contribution in [0.1, 0.15) is 32.6 Å². The first-order chi connectivity index (χ1) is 14.7. The zero-order valence-electron chi connectivity index (χ0n) is 17.3. The summed E-state index contributed by atoms with van der Waals surface area (Å²) < 4.78 is 7.58. The number of benzene rings is 1. The number of thiophene rings is 1. The van der Waals surface area contributed by atoms with Crippen molar-refractivity contribution >= 4 is 29.0 Å². The number of amides is 1. The molecule has 1 saturated heterocycles. The quantitative estimate of drug-likeness (QED) is 0.488. The minimum atomic E-state index is 0.179. The highest BCUT2D eigenvalue weighted by atomic mass is 32.2. The number of para-hydroxylation sites is 2. The molecule has 3 heterocycles. The molecule has 0 saturated carbocycles. The van der Waals surface area contributed by atoms with Crippen molar-refractivity contribution < 1.29 is 9.53 Å². The molecular weight excluding hydrogens is 416 g/mol. The summed E-state index contributed by atoms with van der Waals surface area (Å²) >= 11 is 3.05. The molecule has 2 aromatic heterocycles. The van der Waals surface area contributed by atoms with Crippen molar-refractivity contribution in [2.45, 2.75) is 43.8 Å². The van der Waals surface area contributed by atoms with E-state index >= 15 is 0 Å². The average molecular weight is 443 g/mol. The second-order valence-electron chi connectivity index (χ2n) is 7.22. The first-order valence-electron chi connectivity index (χ1n) is 10.3. The van der Waals surface area contributed by atoms with Gasteiger partial charge in [0.15, 0.2) is 11.0 Å². The Kier molecular flexibility index (Phi) is 6.74. The summed E-state index contributed by atoms with van der Waals surface area (Å²) in [6.45, 7) is 3.02. The Balaban J connectivity index is 1.63. The molecule has 30 heavy (non-hydrogen) atoms. The van der Waals surface area contributed by atoms with Crippen molar-refractivity contribution in [3.8, 4) is 22.1 Å². The van der Waals surface area contributed by atoms with Gasteiger partial charge in [-0.2, -0.15) is 0 Å². The number of ether oxygens (including phenoxy) is 1. The molecule has 0 aliphatic carbocycles. The van der Waals surface area contributed by atoms with Crippen molar-refractivity contribution in [3.63, 3.8) is 0 Å². The number of carbonyl (C=O) groups is 1. The van der Waals surface area contributed by atoms with Crippen LogP contribution in [0.5, 0.6) is 5.75 Å². The average Bonchev–Trinajstić information content (AvgIpc) is 3.47. The van der Waals surface area contributed by atoms with Crippen molar-refractivity contribution in [2.24, 2.45) is 0 Å². The fraction of sp³-hybridized carbons (Fsp3) is 0.409. The van der Waals surface area contributed by atoms with E-state index in [1.54, 1.807) is 18.4 Å². The Morgan fingerprint density at radius 1 is 1.23 bits per heavy atom. The molecule has 0 radical (unpaired) electrons. The van der Waals surface area contributed by atoms with Crippen LogP contribution < -0.4 is 4.74 Å². The summed E-state index contributed by atoms with van der Waals surface area (Å²) in [4.78, 5) is 16.1. The lowest BCUT2D eigenvalue weighted by Crippen LogP contribution is -2.44. The Hall–Kier alpha value is -2.32. The van der Waals surface area contributed by atoms with Gasteiger partial charge in [-0.3, -0.25) is 9.36 Å². The topological polar surface area (TPSA) is 60.2 Å². The third-order valence-electron chi connectivity index (χ3n) is 5.44. The predicted molar refractivity (Wildman–Crippen MR) is 122 cm³/mol. The molecule has 1 atom stereocenters. The molecule has 0 bridgehead atoms. The van der Waals surface area contributed by atoms with E-state index in [9.17, 15) is 4.79 Å². The van der Waals surface area contributed by atoms with Gasteiger partial charge < -0.3 is 9.64 Å².